The van der Waals surface area contributed by atoms with E-state index >= 15 is 0 Å². The molecule has 2 aliphatic rings. The minimum Gasteiger partial charge on any atom is -0.444 e. The zero-order valence-electron chi connectivity index (χ0n) is 18.5. The Hall–Kier alpha value is -2.84. The molecular weight excluding hydrogens is 398 g/mol. The molecular formula is C22H31N5O4. The molecule has 0 aromatic carbocycles. The Kier molecular flexibility index (Phi) is 5.77. The maximum Gasteiger partial charge on any atom is 0.410 e. The summed E-state index contributed by atoms with van der Waals surface area (Å²) >= 11 is 0. The van der Waals surface area contributed by atoms with Gasteiger partial charge in [-0.3, -0.25) is 14.5 Å². The van der Waals surface area contributed by atoms with E-state index in [1.165, 1.54) is 6.42 Å². The summed E-state index contributed by atoms with van der Waals surface area (Å²) in [5.41, 5.74) is 1.94. The smallest absolute Gasteiger partial charge is 0.410 e. The Bertz CT molecular complexity index is 966. The fraction of sp³-hybridized carbons (Fsp3) is 0.636. The van der Waals surface area contributed by atoms with E-state index in [0.29, 0.717) is 18.8 Å². The number of carbonyl (C=O) groups excluding carboxylic acids is 1. The summed E-state index contributed by atoms with van der Waals surface area (Å²) in [6, 6.07) is 1.85. The van der Waals surface area contributed by atoms with E-state index in [1.54, 1.807) is 15.5 Å². The summed E-state index contributed by atoms with van der Waals surface area (Å²) in [5.74, 6) is 0.219. The number of imidazole rings is 1. The van der Waals surface area contributed by atoms with E-state index in [9.17, 15) is 14.9 Å². The third-order valence-corrected chi connectivity index (χ3v) is 6.03. The number of carbonyl (C=O) groups is 1. The fourth-order valence-electron chi connectivity index (χ4n) is 4.44. The van der Waals surface area contributed by atoms with Crippen molar-refractivity contribution < 1.29 is 14.5 Å². The van der Waals surface area contributed by atoms with Gasteiger partial charge in [-0.15, -0.1) is 0 Å². The topological polar surface area (TPSA) is 93.2 Å². The molecule has 0 N–H and O–H groups in total. The molecule has 0 bridgehead atoms. The Labute approximate surface area is 182 Å². The van der Waals surface area contributed by atoms with Crippen LogP contribution < -0.4 is 4.90 Å². The molecule has 0 aliphatic carbocycles. The molecule has 0 unspecified atom stereocenters. The molecule has 0 saturated carbocycles. The van der Waals surface area contributed by atoms with Crippen LogP contribution in [0.25, 0.3) is 5.65 Å². The summed E-state index contributed by atoms with van der Waals surface area (Å²) in [7, 11) is 0. The van der Waals surface area contributed by atoms with Crippen LogP contribution in [0, 0.1) is 10.1 Å². The number of likely N-dealkylation sites (tertiary alicyclic amines) is 1. The molecule has 168 valence electrons. The zero-order chi connectivity index (χ0) is 22.2. The van der Waals surface area contributed by atoms with Gasteiger partial charge < -0.3 is 14.5 Å². The third-order valence-electron chi connectivity index (χ3n) is 6.03. The number of ether oxygens (including phenoxy) is 1. The highest BCUT2D eigenvalue weighted by Gasteiger charge is 2.29. The largest absolute Gasteiger partial charge is 0.444 e. The first-order valence-corrected chi connectivity index (χ1v) is 11.1. The van der Waals surface area contributed by atoms with E-state index in [2.05, 4.69) is 4.90 Å². The van der Waals surface area contributed by atoms with Crippen molar-refractivity contribution in [2.24, 2.45) is 0 Å². The molecule has 2 aromatic rings. The van der Waals surface area contributed by atoms with E-state index < -0.39 is 5.60 Å². The number of nitro groups is 1. The summed E-state index contributed by atoms with van der Waals surface area (Å²) in [4.78, 5) is 32.4. The van der Waals surface area contributed by atoms with Gasteiger partial charge in [0, 0.05) is 44.4 Å². The number of nitrogens with zero attached hydrogens (tertiary/aromatic N) is 5. The van der Waals surface area contributed by atoms with Gasteiger partial charge >= 0.3 is 11.8 Å². The standard InChI is InChI=1S/C22H31N5O4/c1-22(2,3)31-21(28)25-11-7-16(8-12-25)17-14-26-15-19(27(29)30)18(13-20(26)23-17)24-9-5-4-6-10-24/h13-16H,4-12H2,1-3H3. The van der Waals surface area contributed by atoms with Crippen molar-refractivity contribution >= 4 is 23.1 Å². The van der Waals surface area contributed by atoms with Crippen LogP contribution >= 0.6 is 0 Å². The predicted octanol–water partition coefficient (Wildman–Crippen LogP) is 4.35. The summed E-state index contributed by atoms with van der Waals surface area (Å²) < 4.78 is 7.24. The van der Waals surface area contributed by atoms with Gasteiger partial charge in [0.25, 0.3) is 0 Å². The number of piperidine rings is 2. The highest BCUT2D eigenvalue weighted by molar-refractivity contribution is 5.69. The minimum absolute atomic E-state index is 0.123. The quantitative estimate of drug-likeness (QED) is 0.532. The molecule has 0 spiro atoms. The van der Waals surface area contributed by atoms with Crippen molar-refractivity contribution in [1.29, 1.82) is 0 Å². The maximum absolute atomic E-state index is 12.3. The molecule has 2 aliphatic heterocycles. The van der Waals surface area contributed by atoms with Crippen LogP contribution in [0.15, 0.2) is 18.5 Å². The fourth-order valence-corrected chi connectivity index (χ4v) is 4.44. The van der Waals surface area contributed by atoms with Crippen LogP contribution in [-0.2, 0) is 4.74 Å². The Morgan fingerprint density at radius 2 is 1.81 bits per heavy atom. The monoisotopic (exact) mass is 429 g/mol. The van der Waals surface area contributed by atoms with E-state index in [0.717, 1.165) is 50.1 Å². The van der Waals surface area contributed by atoms with E-state index in [1.807, 2.05) is 33.0 Å². The van der Waals surface area contributed by atoms with Crippen LogP contribution in [0.3, 0.4) is 0 Å². The molecule has 31 heavy (non-hydrogen) atoms. The minimum atomic E-state index is -0.504. The molecule has 9 nitrogen and oxygen atoms in total. The molecule has 0 radical (unpaired) electrons. The normalized spacial score (nSPS) is 18.4. The third kappa shape index (κ3) is 4.75. The molecule has 1 amide bonds. The lowest BCUT2D eigenvalue weighted by Crippen LogP contribution is -2.41. The molecule has 4 rings (SSSR count). The Morgan fingerprint density at radius 3 is 2.42 bits per heavy atom. The number of pyridine rings is 1. The average Bonchev–Trinajstić information content (AvgIpc) is 3.15. The lowest BCUT2D eigenvalue weighted by Gasteiger charge is -2.32. The molecule has 4 heterocycles. The first-order valence-electron chi connectivity index (χ1n) is 11.1. The first-order chi connectivity index (χ1) is 14.7. The maximum atomic E-state index is 12.3. The van der Waals surface area contributed by atoms with Gasteiger partial charge in [0.05, 0.1) is 16.8 Å². The second-order valence-electron chi connectivity index (χ2n) is 9.52. The van der Waals surface area contributed by atoms with Crippen molar-refractivity contribution in [3.8, 4) is 0 Å². The summed E-state index contributed by atoms with van der Waals surface area (Å²) in [5, 5.41) is 11.7. The second kappa shape index (κ2) is 8.36. The summed E-state index contributed by atoms with van der Waals surface area (Å²) in [6.07, 6.45) is 8.08. The number of hydrogen-bond donors (Lipinski definition) is 0. The lowest BCUT2D eigenvalue weighted by atomic mass is 9.94. The highest BCUT2D eigenvalue weighted by atomic mass is 16.6. The van der Waals surface area contributed by atoms with Gasteiger partial charge in [0.15, 0.2) is 0 Å². The molecule has 0 atom stereocenters. The van der Waals surface area contributed by atoms with Crippen LogP contribution in [-0.4, -0.2) is 57.1 Å². The number of amides is 1. The Morgan fingerprint density at radius 1 is 1.13 bits per heavy atom. The highest BCUT2D eigenvalue weighted by Crippen LogP contribution is 2.34. The van der Waals surface area contributed by atoms with Crippen LogP contribution in [0.1, 0.15) is 64.5 Å². The number of hydrogen-bond acceptors (Lipinski definition) is 6. The van der Waals surface area contributed by atoms with Gasteiger partial charge in [-0.1, -0.05) is 0 Å². The first kappa shape index (κ1) is 21.4. The number of anilines is 1. The van der Waals surface area contributed by atoms with E-state index in [-0.39, 0.29) is 22.6 Å². The number of aromatic nitrogens is 2. The van der Waals surface area contributed by atoms with Gasteiger partial charge in [-0.25, -0.2) is 9.78 Å². The van der Waals surface area contributed by atoms with Crippen molar-refractivity contribution in [3.05, 3.63) is 34.3 Å². The zero-order valence-corrected chi connectivity index (χ0v) is 18.5. The molecule has 2 saturated heterocycles. The SMILES string of the molecule is CC(C)(C)OC(=O)N1CCC(c2cn3cc([N+](=O)[O-])c(N4CCCCC4)cc3n2)CC1. The summed E-state index contributed by atoms with van der Waals surface area (Å²) in [6.45, 7) is 8.52. The average molecular weight is 430 g/mol. The number of rotatable bonds is 3. The second-order valence-corrected chi connectivity index (χ2v) is 9.52. The lowest BCUT2D eigenvalue weighted by molar-refractivity contribution is -0.384. The van der Waals surface area contributed by atoms with Crippen molar-refractivity contribution in [1.82, 2.24) is 14.3 Å². The predicted molar refractivity (Wildman–Crippen MR) is 118 cm³/mol. The molecule has 2 fully saturated rings. The van der Waals surface area contributed by atoms with Gasteiger partial charge in [-0.05, 0) is 52.9 Å². The Balaban J connectivity index is 1.52. The van der Waals surface area contributed by atoms with Crippen LogP contribution in [0.2, 0.25) is 0 Å². The van der Waals surface area contributed by atoms with Gasteiger partial charge in [0.2, 0.25) is 0 Å². The molecule has 2 aromatic heterocycles. The number of fused-ring (bicyclic) bond motifs is 1. The van der Waals surface area contributed by atoms with Crippen molar-refractivity contribution in [2.45, 2.75) is 64.4 Å². The van der Waals surface area contributed by atoms with Crippen LogP contribution in [0.4, 0.5) is 16.2 Å². The van der Waals surface area contributed by atoms with Crippen molar-refractivity contribution in [3.63, 3.8) is 0 Å². The van der Waals surface area contributed by atoms with Gasteiger partial charge in [-0.2, -0.15) is 0 Å². The van der Waals surface area contributed by atoms with E-state index in [4.69, 9.17) is 9.72 Å². The molecule has 9 heteroatoms. The van der Waals surface area contributed by atoms with Gasteiger partial charge in [0.1, 0.15) is 16.9 Å². The van der Waals surface area contributed by atoms with Crippen molar-refractivity contribution in [2.75, 3.05) is 31.1 Å². The van der Waals surface area contributed by atoms with Crippen LogP contribution in [0.5, 0.6) is 0 Å².